The molecular weight excluding hydrogens is 321 g/mol. The summed E-state index contributed by atoms with van der Waals surface area (Å²) in [4.78, 5) is 12.4. The molecule has 134 valence electrons. The summed E-state index contributed by atoms with van der Waals surface area (Å²) < 4.78 is 24.3. The Morgan fingerprint density at radius 2 is 1.84 bits per heavy atom. The highest BCUT2D eigenvalue weighted by Crippen LogP contribution is 2.17. The van der Waals surface area contributed by atoms with E-state index >= 15 is 0 Å². The molecule has 0 saturated carbocycles. The number of hydrogen-bond donors (Lipinski definition) is 1. The first kappa shape index (κ1) is 18.8. The van der Waals surface area contributed by atoms with Gasteiger partial charge >= 0.3 is 0 Å². The van der Waals surface area contributed by atoms with Crippen molar-refractivity contribution < 1.29 is 18.7 Å². The van der Waals surface area contributed by atoms with Crippen LogP contribution in [-0.2, 0) is 4.79 Å². The van der Waals surface area contributed by atoms with E-state index in [2.05, 4.69) is 5.32 Å². The van der Waals surface area contributed by atoms with Crippen LogP contribution >= 0.6 is 0 Å². The largest absolute Gasteiger partial charge is 0.491 e. The van der Waals surface area contributed by atoms with E-state index < -0.39 is 6.10 Å². The molecule has 0 bridgehead atoms. The van der Waals surface area contributed by atoms with Gasteiger partial charge in [0.2, 0.25) is 0 Å². The van der Waals surface area contributed by atoms with Gasteiger partial charge in [0.1, 0.15) is 23.9 Å². The van der Waals surface area contributed by atoms with E-state index in [1.165, 1.54) is 24.3 Å². The van der Waals surface area contributed by atoms with Crippen LogP contribution in [0.4, 0.5) is 4.39 Å². The monoisotopic (exact) mass is 345 g/mol. The molecule has 5 heteroatoms. The highest BCUT2D eigenvalue weighted by atomic mass is 19.1. The van der Waals surface area contributed by atoms with Gasteiger partial charge in [-0.1, -0.05) is 25.1 Å². The fourth-order valence-electron chi connectivity index (χ4n) is 2.31. The van der Waals surface area contributed by atoms with Crippen molar-refractivity contribution >= 4 is 5.91 Å². The average molecular weight is 345 g/mol. The summed E-state index contributed by atoms with van der Waals surface area (Å²) in [6.07, 6.45) is -0.124. The molecule has 25 heavy (non-hydrogen) atoms. The second kappa shape index (κ2) is 9.06. The van der Waals surface area contributed by atoms with Crippen molar-refractivity contribution in [2.24, 2.45) is 0 Å². The summed E-state index contributed by atoms with van der Waals surface area (Å²) in [5, 5.41) is 2.89. The Balaban J connectivity index is 1.85. The van der Waals surface area contributed by atoms with Crippen molar-refractivity contribution in [1.82, 2.24) is 5.32 Å². The summed E-state index contributed by atoms with van der Waals surface area (Å²) in [6, 6.07) is 13.2. The van der Waals surface area contributed by atoms with Crippen LogP contribution in [0, 0.1) is 12.7 Å². The summed E-state index contributed by atoms with van der Waals surface area (Å²) in [7, 11) is 0. The minimum Gasteiger partial charge on any atom is -0.491 e. The highest BCUT2D eigenvalue weighted by Gasteiger charge is 2.20. The fourth-order valence-corrected chi connectivity index (χ4v) is 2.31. The number of para-hydroxylation sites is 1. The maximum absolute atomic E-state index is 12.9. The first-order valence-corrected chi connectivity index (χ1v) is 8.40. The van der Waals surface area contributed by atoms with Gasteiger partial charge in [0.05, 0.1) is 6.04 Å². The molecule has 2 aromatic carbocycles. The molecule has 0 radical (unpaired) electrons. The van der Waals surface area contributed by atoms with Crippen LogP contribution < -0.4 is 14.8 Å². The summed E-state index contributed by atoms with van der Waals surface area (Å²) in [5.74, 6) is 0.713. The number of halogens is 1. The van der Waals surface area contributed by atoms with Gasteiger partial charge in [0.15, 0.2) is 6.10 Å². The second-order valence-corrected chi connectivity index (χ2v) is 5.95. The van der Waals surface area contributed by atoms with Gasteiger partial charge in [-0.2, -0.15) is 0 Å². The van der Waals surface area contributed by atoms with Gasteiger partial charge in [-0.25, -0.2) is 4.39 Å². The lowest BCUT2D eigenvalue weighted by atomic mass is 10.2. The van der Waals surface area contributed by atoms with Gasteiger partial charge in [-0.3, -0.25) is 4.79 Å². The molecule has 1 N–H and O–H groups in total. The van der Waals surface area contributed by atoms with Crippen LogP contribution in [0.1, 0.15) is 25.8 Å². The zero-order chi connectivity index (χ0) is 18.2. The van der Waals surface area contributed by atoms with Gasteiger partial charge in [0, 0.05) is 0 Å². The third kappa shape index (κ3) is 5.78. The number of aryl methyl sites for hydroxylation is 1. The van der Waals surface area contributed by atoms with Crippen LogP contribution in [0.15, 0.2) is 48.5 Å². The minimum atomic E-state index is -0.633. The quantitative estimate of drug-likeness (QED) is 0.790. The number of carbonyl (C=O) groups excluding carboxylic acids is 1. The topological polar surface area (TPSA) is 47.6 Å². The first-order chi connectivity index (χ1) is 12.0. The lowest BCUT2D eigenvalue weighted by Gasteiger charge is -2.21. The maximum Gasteiger partial charge on any atom is 0.261 e. The number of nitrogens with one attached hydrogen (secondary N) is 1. The van der Waals surface area contributed by atoms with E-state index in [0.717, 1.165) is 11.3 Å². The number of carbonyl (C=O) groups is 1. The zero-order valence-electron chi connectivity index (χ0n) is 14.8. The summed E-state index contributed by atoms with van der Waals surface area (Å²) >= 11 is 0. The summed E-state index contributed by atoms with van der Waals surface area (Å²) in [5.41, 5.74) is 1.05. The highest BCUT2D eigenvalue weighted by molar-refractivity contribution is 5.81. The third-order valence-electron chi connectivity index (χ3n) is 3.73. The zero-order valence-corrected chi connectivity index (χ0v) is 14.8. The minimum absolute atomic E-state index is 0.169. The predicted molar refractivity (Wildman–Crippen MR) is 95.4 cm³/mol. The van der Waals surface area contributed by atoms with Crippen molar-refractivity contribution in [3.05, 3.63) is 59.9 Å². The van der Waals surface area contributed by atoms with Crippen molar-refractivity contribution in [1.29, 1.82) is 0 Å². The molecule has 0 saturated heterocycles. The lowest BCUT2D eigenvalue weighted by Crippen LogP contribution is -2.44. The van der Waals surface area contributed by atoms with Gasteiger partial charge in [-0.15, -0.1) is 0 Å². The second-order valence-electron chi connectivity index (χ2n) is 5.95. The average Bonchev–Trinajstić information content (AvgIpc) is 2.60. The molecule has 0 aliphatic rings. The molecule has 0 fully saturated rings. The van der Waals surface area contributed by atoms with E-state index in [-0.39, 0.29) is 17.8 Å². The number of amides is 1. The lowest BCUT2D eigenvalue weighted by molar-refractivity contribution is -0.128. The van der Waals surface area contributed by atoms with Gasteiger partial charge in [0.25, 0.3) is 5.91 Å². The van der Waals surface area contributed by atoms with Crippen molar-refractivity contribution in [3.8, 4) is 11.5 Å². The SMILES string of the molecule is CC[C@@H](Oc1ccc(F)cc1)C(=O)N[C@H](C)COc1ccccc1C. The Morgan fingerprint density at radius 3 is 2.48 bits per heavy atom. The molecule has 2 aromatic rings. The number of benzene rings is 2. The van der Waals surface area contributed by atoms with Crippen molar-refractivity contribution in [2.45, 2.75) is 39.3 Å². The summed E-state index contributed by atoms with van der Waals surface area (Å²) in [6.45, 7) is 6.08. The van der Waals surface area contributed by atoms with Crippen LogP contribution in [0.25, 0.3) is 0 Å². The number of rotatable bonds is 8. The normalized spacial score (nSPS) is 13.0. The van der Waals surface area contributed by atoms with Crippen LogP contribution in [0.3, 0.4) is 0 Å². The van der Waals surface area contributed by atoms with Crippen molar-refractivity contribution in [3.63, 3.8) is 0 Å². The number of ether oxygens (including phenoxy) is 2. The molecule has 0 heterocycles. The van der Waals surface area contributed by atoms with E-state index in [4.69, 9.17) is 9.47 Å². The van der Waals surface area contributed by atoms with Crippen LogP contribution in [0.5, 0.6) is 11.5 Å². The standard InChI is InChI=1S/C20H24FNO3/c1-4-18(25-17-11-9-16(21)10-12-17)20(23)22-15(3)13-24-19-8-6-5-7-14(19)2/h5-12,15,18H,4,13H2,1-3H3,(H,22,23)/t15-,18-/m1/s1. The molecule has 2 rings (SSSR count). The molecule has 0 spiro atoms. The van der Waals surface area contributed by atoms with Gasteiger partial charge in [-0.05, 0) is 56.2 Å². The van der Waals surface area contributed by atoms with Crippen LogP contribution in [-0.4, -0.2) is 24.7 Å². The van der Waals surface area contributed by atoms with Crippen molar-refractivity contribution in [2.75, 3.05) is 6.61 Å². The number of hydrogen-bond acceptors (Lipinski definition) is 3. The van der Waals surface area contributed by atoms with Crippen LogP contribution in [0.2, 0.25) is 0 Å². The Hall–Kier alpha value is -2.56. The predicted octanol–water partition coefficient (Wildman–Crippen LogP) is 3.88. The molecule has 2 atom stereocenters. The molecule has 4 nitrogen and oxygen atoms in total. The molecule has 0 unspecified atom stereocenters. The van der Waals surface area contributed by atoms with Gasteiger partial charge < -0.3 is 14.8 Å². The van der Waals surface area contributed by atoms with E-state index in [0.29, 0.717) is 18.8 Å². The molecule has 1 amide bonds. The van der Waals surface area contributed by atoms with E-state index in [1.807, 2.05) is 45.0 Å². The van der Waals surface area contributed by atoms with E-state index in [1.54, 1.807) is 0 Å². The Bertz CT molecular complexity index is 688. The third-order valence-corrected chi connectivity index (χ3v) is 3.73. The smallest absolute Gasteiger partial charge is 0.261 e. The maximum atomic E-state index is 12.9. The first-order valence-electron chi connectivity index (χ1n) is 8.40. The van der Waals surface area contributed by atoms with E-state index in [9.17, 15) is 9.18 Å². The molecular formula is C20H24FNO3. The Morgan fingerprint density at radius 1 is 1.16 bits per heavy atom. The Labute approximate surface area is 148 Å². The fraction of sp³-hybridized carbons (Fsp3) is 0.350. The Kier molecular flexibility index (Phi) is 6.81. The molecule has 0 aliphatic carbocycles. The molecule has 0 aromatic heterocycles. The molecule has 0 aliphatic heterocycles.